The summed E-state index contributed by atoms with van der Waals surface area (Å²) in [6.07, 6.45) is 0. The minimum absolute atomic E-state index is 0.220. The molecule has 0 aliphatic rings. The lowest BCUT2D eigenvalue weighted by Gasteiger charge is -2.32. The standard InChI is InChI=1S/C42H63N6O3/c1-31-13-16-37(34(4)25-31)28-46(7,8)22-19-43-40(49)44(20-23-47(9,10)29-38-17-14-32(2)26-35(38)5)42(51)45(41(43)50)21-24-48(11,12)30-39-18-15-33(3)27-36(39)6/h13-18,25-27H,19-24,28-30H2,1-12H3/q+3. The summed E-state index contributed by atoms with van der Waals surface area (Å²) < 4.78 is 5.69. The number of aryl methyl sites for hydroxylation is 6. The first-order valence-corrected chi connectivity index (χ1v) is 18.3. The van der Waals surface area contributed by atoms with Crippen LogP contribution in [0.1, 0.15) is 50.1 Å². The maximum absolute atomic E-state index is 14.1. The monoisotopic (exact) mass is 699 g/mol. The highest BCUT2D eigenvalue weighted by atomic mass is 16.2. The van der Waals surface area contributed by atoms with E-state index in [0.29, 0.717) is 33.1 Å². The van der Waals surface area contributed by atoms with Gasteiger partial charge in [-0.2, -0.15) is 0 Å². The van der Waals surface area contributed by atoms with E-state index in [1.54, 1.807) is 0 Å². The van der Waals surface area contributed by atoms with Gasteiger partial charge in [0.2, 0.25) is 0 Å². The van der Waals surface area contributed by atoms with Crippen molar-refractivity contribution in [3.8, 4) is 0 Å². The van der Waals surface area contributed by atoms with Gasteiger partial charge in [-0.15, -0.1) is 0 Å². The third-order valence-electron chi connectivity index (χ3n) is 10.5. The molecule has 3 aromatic carbocycles. The first-order chi connectivity index (χ1) is 23.7. The van der Waals surface area contributed by atoms with Crippen molar-refractivity contribution in [1.82, 2.24) is 13.7 Å². The number of rotatable bonds is 15. The molecule has 0 saturated heterocycles. The predicted molar refractivity (Wildman–Crippen MR) is 209 cm³/mol. The molecule has 0 amide bonds. The van der Waals surface area contributed by atoms with Gasteiger partial charge < -0.3 is 13.4 Å². The third kappa shape index (κ3) is 10.5. The van der Waals surface area contributed by atoms with Crippen LogP contribution in [0.15, 0.2) is 69.0 Å². The van der Waals surface area contributed by atoms with Crippen LogP contribution in [0, 0.1) is 41.5 Å². The number of likely N-dealkylation sites (N-methyl/N-ethyl adjacent to an activating group) is 3. The van der Waals surface area contributed by atoms with Crippen molar-refractivity contribution in [2.45, 2.75) is 80.8 Å². The van der Waals surface area contributed by atoms with Crippen molar-refractivity contribution < 1.29 is 13.4 Å². The Balaban J connectivity index is 1.65. The lowest BCUT2D eigenvalue weighted by Crippen LogP contribution is -2.58. The molecule has 0 aliphatic heterocycles. The molecule has 0 N–H and O–H groups in total. The van der Waals surface area contributed by atoms with Crippen molar-refractivity contribution in [3.05, 3.63) is 136 Å². The molecule has 276 valence electrons. The Hall–Kier alpha value is -4.05. The average Bonchev–Trinajstić information content (AvgIpc) is 3.01. The van der Waals surface area contributed by atoms with Crippen molar-refractivity contribution in [1.29, 1.82) is 0 Å². The van der Waals surface area contributed by atoms with E-state index in [1.165, 1.54) is 63.8 Å². The molecule has 0 spiro atoms. The van der Waals surface area contributed by atoms with Gasteiger partial charge >= 0.3 is 17.1 Å². The minimum Gasteiger partial charge on any atom is -0.323 e. The molecular weight excluding hydrogens is 637 g/mol. The number of hydrogen-bond acceptors (Lipinski definition) is 3. The third-order valence-corrected chi connectivity index (χ3v) is 10.5. The fourth-order valence-corrected chi connectivity index (χ4v) is 7.06. The van der Waals surface area contributed by atoms with Gasteiger partial charge in [0.25, 0.3) is 0 Å². The van der Waals surface area contributed by atoms with Crippen molar-refractivity contribution in [3.63, 3.8) is 0 Å². The normalized spacial score (nSPS) is 12.5. The molecule has 0 radical (unpaired) electrons. The largest absolute Gasteiger partial charge is 0.336 e. The maximum atomic E-state index is 14.1. The van der Waals surface area contributed by atoms with Crippen LogP contribution in [0.5, 0.6) is 0 Å². The number of aromatic nitrogens is 3. The number of hydrogen-bond donors (Lipinski definition) is 0. The summed E-state index contributed by atoms with van der Waals surface area (Å²) in [5, 5.41) is 0. The van der Waals surface area contributed by atoms with Gasteiger partial charge in [0, 0.05) is 16.7 Å². The zero-order valence-corrected chi connectivity index (χ0v) is 33.5. The number of benzene rings is 3. The molecule has 9 nitrogen and oxygen atoms in total. The van der Waals surface area contributed by atoms with Gasteiger partial charge in [0.15, 0.2) is 0 Å². The molecule has 1 heterocycles. The van der Waals surface area contributed by atoms with Crippen molar-refractivity contribution in [2.75, 3.05) is 61.9 Å². The Morgan fingerprint density at radius 1 is 0.412 bits per heavy atom. The van der Waals surface area contributed by atoms with Gasteiger partial charge in [0.1, 0.15) is 19.6 Å². The summed E-state index contributed by atoms with van der Waals surface area (Å²) in [7, 11) is 12.7. The quantitative estimate of drug-likeness (QED) is 0.167. The Labute approximate surface area is 305 Å². The molecule has 0 fully saturated rings. The van der Waals surface area contributed by atoms with Crippen LogP contribution < -0.4 is 17.1 Å². The number of nitrogens with zero attached hydrogens (tertiary/aromatic N) is 6. The van der Waals surface area contributed by atoms with Crippen molar-refractivity contribution >= 4 is 0 Å². The van der Waals surface area contributed by atoms with Crippen LogP contribution in [0.2, 0.25) is 0 Å². The Morgan fingerprint density at radius 3 is 0.863 bits per heavy atom. The van der Waals surface area contributed by atoms with Crippen LogP contribution >= 0.6 is 0 Å². The van der Waals surface area contributed by atoms with E-state index >= 15 is 0 Å². The second kappa shape index (κ2) is 15.7. The first-order valence-electron chi connectivity index (χ1n) is 18.3. The molecule has 0 saturated carbocycles. The summed E-state index contributed by atoms with van der Waals surface area (Å²) in [5.41, 5.74) is 9.53. The minimum atomic E-state index is -0.525. The van der Waals surface area contributed by atoms with Crippen LogP contribution in [0.3, 0.4) is 0 Å². The fourth-order valence-electron chi connectivity index (χ4n) is 7.06. The number of quaternary nitrogens is 3. The zero-order valence-electron chi connectivity index (χ0n) is 33.5. The summed E-state index contributed by atoms with van der Waals surface area (Å²) in [5.74, 6) is 0. The summed E-state index contributed by atoms with van der Waals surface area (Å²) >= 11 is 0. The lowest BCUT2D eigenvalue weighted by atomic mass is 10.0. The molecule has 0 unspecified atom stereocenters. The van der Waals surface area contributed by atoms with Crippen LogP contribution in [0.25, 0.3) is 0 Å². The van der Waals surface area contributed by atoms with E-state index in [9.17, 15) is 14.4 Å². The van der Waals surface area contributed by atoms with E-state index in [1.807, 2.05) is 0 Å². The molecule has 4 aromatic rings. The molecule has 0 atom stereocenters. The van der Waals surface area contributed by atoms with Crippen LogP contribution in [-0.4, -0.2) is 89.1 Å². The highest BCUT2D eigenvalue weighted by Gasteiger charge is 2.25. The van der Waals surface area contributed by atoms with Gasteiger partial charge in [-0.1, -0.05) is 71.3 Å². The average molecular weight is 700 g/mol. The second-order valence-corrected chi connectivity index (χ2v) is 17.0. The smallest absolute Gasteiger partial charge is 0.323 e. The van der Waals surface area contributed by atoms with E-state index in [2.05, 4.69) is 138 Å². The van der Waals surface area contributed by atoms with E-state index in [0.717, 1.165) is 19.6 Å². The highest BCUT2D eigenvalue weighted by Crippen LogP contribution is 2.18. The van der Waals surface area contributed by atoms with Gasteiger partial charge in [-0.3, -0.25) is 0 Å². The lowest BCUT2D eigenvalue weighted by molar-refractivity contribution is -0.904. The summed E-state index contributed by atoms with van der Waals surface area (Å²) in [4.78, 5) is 42.3. The highest BCUT2D eigenvalue weighted by molar-refractivity contribution is 5.31. The van der Waals surface area contributed by atoms with E-state index in [4.69, 9.17) is 0 Å². The summed E-state index contributed by atoms with van der Waals surface area (Å²) in [6.45, 7) is 17.3. The molecular formula is C42H63N6O3+3. The van der Waals surface area contributed by atoms with Crippen molar-refractivity contribution in [2.24, 2.45) is 0 Å². The van der Waals surface area contributed by atoms with Crippen LogP contribution in [-0.2, 0) is 39.3 Å². The van der Waals surface area contributed by atoms with E-state index in [-0.39, 0.29) is 19.6 Å². The zero-order chi connectivity index (χ0) is 37.9. The molecule has 4 rings (SSSR count). The Morgan fingerprint density at radius 2 is 0.647 bits per heavy atom. The molecule has 51 heavy (non-hydrogen) atoms. The molecule has 0 bridgehead atoms. The van der Waals surface area contributed by atoms with E-state index < -0.39 is 17.1 Å². The van der Waals surface area contributed by atoms with Gasteiger partial charge in [-0.05, 0) is 58.2 Å². The molecule has 9 heteroatoms. The second-order valence-electron chi connectivity index (χ2n) is 17.0. The van der Waals surface area contributed by atoms with Gasteiger partial charge in [0.05, 0.1) is 81.6 Å². The Bertz CT molecular complexity index is 1780. The molecule has 1 aromatic heterocycles. The molecule has 0 aliphatic carbocycles. The summed E-state index contributed by atoms with van der Waals surface area (Å²) in [6, 6.07) is 19.4. The topological polar surface area (TPSA) is 66.0 Å². The predicted octanol–water partition coefficient (Wildman–Crippen LogP) is 4.85. The SMILES string of the molecule is Cc1ccc(C[N+](C)(C)CCn2c(=O)n(CC[N+](C)(C)Cc3ccc(C)cc3C)c(=O)n(CC[N+](C)(C)Cc3ccc(C)cc3C)c2=O)c(C)c1. The first kappa shape index (κ1) is 39.7. The maximum Gasteiger partial charge on any atom is 0.336 e. The van der Waals surface area contributed by atoms with Crippen LogP contribution in [0.4, 0.5) is 0 Å². The fraction of sp³-hybridized carbons (Fsp3) is 0.500. The Kier molecular flexibility index (Phi) is 12.2. The van der Waals surface area contributed by atoms with Gasteiger partial charge in [-0.25, -0.2) is 28.1 Å².